The van der Waals surface area contributed by atoms with Crippen LogP contribution in [0.5, 0.6) is 0 Å². The lowest BCUT2D eigenvalue weighted by molar-refractivity contribution is 0.242. The van der Waals surface area contributed by atoms with Crippen molar-refractivity contribution >= 4 is 27.3 Å². The van der Waals surface area contributed by atoms with E-state index >= 15 is 0 Å². The van der Waals surface area contributed by atoms with Gasteiger partial charge in [-0.15, -0.1) is 0 Å². The zero-order valence-corrected chi connectivity index (χ0v) is 13.1. The summed E-state index contributed by atoms with van der Waals surface area (Å²) in [6.07, 6.45) is 4.13. The van der Waals surface area contributed by atoms with Gasteiger partial charge in [0, 0.05) is 9.85 Å². The average molecular weight is 316 g/mol. The Labute approximate surface area is 117 Å². The van der Waals surface area contributed by atoms with Crippen LogP contribution in [0.4, 0.5) is 0 Å². The largest absolute Gasteiger partial charge is 0.317 e. The second-order valence-corrected chi connectivity index (χ2v) is 6.87. The van der Waals surface area contributed by atoms with E-state index in [1.807, 2.05) is 11.3 Å². The fraction of sp³-hybridized carbons (Fsp3) is 0.714. The van der Waals surface area contributed by atoms with Gasteiger partial charge in [-0.25, -0.2) is 0 Å². The number of hydrogen-bond donors (Lipinski definition) is 1. The molecular formula is C14H22BrNS. The number of hydrogen-bond acceptors (Lipinski definition) is 2. The molecule has 0 spiro atoms. The van der Waals surface area contributed by atoms with Crippen molar-refractivity contribution in [3.63, 3.8) is 0 Å². The highest BCUT2D eigenvalue weighted by Crippen LogP contribution is 2.43. The summed E-state index contributed by atoms with van der Waals surface area (Å²) in [6.45, 7) is 6.86. The van der Waals surface area contributed by atoms with Crippen LogP contribution in [0.1, 0.15) is 44.6 Å². The van der Waals surface area contributed by atoms with Gasteiger partial charge in [-0.3, -0.25) is 0 Å². The maximum absolute atomic E-state index is 3.71. The normalized spacial score (nSPS) is 29.5. The third-order valence-corrected chi connectivity index (χ3v) is 5.71. The summed E-state index contributed by atoms with van der Waals surface area (Å²) < 4.78 is 1.32. The second-order valence-electron chi connectivity index (χ2n) is 5.27. The minimum absolute atomic E-state index is 0.749. The van der Waals surface area contributed by atoms with Crippen LogP contribution in [0.15, 0.2) is 15.2 Å². The number of nitrogens with one attached hydrogen (secondary N) is 1. The molecule has 0 amide bonds. The quantitative estimate of drug-likeness (QED) is 0.853. The molecular weight excluding hydrogens is 294 g/mol. The van der Waals surface area contributed by atoms with Gasteiger partial charge in [-0.1, -0.05) is 20.3 Å². The first kappa shape index (κ1) is 13.6. The van der Waals surface area contributed by atoms with E-state index in [2.05, 4.69) is 45.9 Å². The molecule has 0 radical (unpaired) electrons. The van der Waals surface area contributed by atoms with Crippen LogP contribution in [0.25, 0.3) is 0 Å². The Hall–Kier alpha value is 0.140. The van der Waals surface area contributed by atoms with Gasteiger partial charge in [0.25, 0.3) is 0 Å². The fourth-order valence-electron chi connectivity index (χ4n) is 2.95. The van der Waals surface area contributed by atoms with E-state index in [0.717, 1.165) is 24.3 Å². The Bertz CT molecular complexity index is 348. The first-order valence-electron chi connectivity index (χ1n) is 6.64. The lowest BCUT2D eigenvalue weighted by atomic mass is 9.72. The van der Waals surface area contributed by atoms with Crippen molar-refractivity contribution in [2.45, 2.75) is 39.0 Å². The lowest BCUT2D eigenvalue weighted by Gasteiger charge is -2.35. The molecule has 1 N–H and O–H groups in total. The molecule has 2 rings (SSSR count). The molecule has 1 aliphatic rings. The van der Waals surface area contributed by atoms with Crippen LogP contribution < -0.4 is 5.32 Å². The van der Waals surface area contributed by atoms with E-state index < -0.39 is 0 Å². The summed E-state index contributed by atoms with van der Waals surface area (Å²) >= 11 is 5.53. The third-order valence-electron chi connectivity index (χ3n) is 3.95. The standard InChI is InChI=1S/C14H22BrNS/c1-3-16-7-11-5-4-10(2)6-12(11)13-8-17-9-14(13)15/h8-12,16H,3-7H2,1-2H3. The zero-order chi connectivity index (χ0) is 12.3. The molecule has 1 saturated carbocycles. The van der Waals surface area contributed by atoms with Gasteiger partial charge < -0.3 is 5.32 Å². The van der Waals surface area contributed by atoms with Gasteiger partial charge >= 0.3 is 0 Å². The summed E-state index contributed by atoms with van der Waals surface area (Å²) in [5.41, 5.74) is 1.55. The summed E-state index contributed by atoms with van der Waals surface area (Å²) in [6, 6.07) is 0. The van der Waals surface area contributed by atoms with Crippen LogP contribution in [-0.4, -0.2) is 13.1 Å². The topological polar surface area (TPSA) is 12.0 Å². The summed E-state index contributed by atoms with van der Waals surface area (Å²) in [4.78, 5) is 0. The highest BCUT2D eigenvalue weighted by molar-refractivity contribution is 9.10. The van der Waals surface area contributed by atoms with Crippen LogP contribution in [-0.2, 0) is 0 Å². The minimum Gasteiger partial charge on any atom is -0.317 e. The molecule has 3 unspecified atom stereocenters. The molecule has 1 heterocycles. The maximum atomic E-state index is 3.71. The van der Waals surface area contributed by atoms with Gasteiger partial charge in [0.1, 0.15) is 0 Å². The molecule has 3 atom stereocenters. The zero-order valence-electron chi connectivity index (χ0n) is 10.7. The van der Waals surface area contributed by atoms with Gasteiger partial charge in [-0.05, 0) is 70.6 Å². The predicted octanol–water partition coefficient (Wildman–Crippen LogP) is 4.64. The molecule has 1 fully saturated rings. The van der Waals surface area contributed by atoms with Gasteiger partial charge in [0.15, 0.2) is 0 Å². The highest BCUT2D eigenvalue weighted by Gasteiger charge is 2.30. The van der Waals surface area contributed by atoms with Crippen molar-refractivity contribution in [1.82, 2.24) is 5.32 Å². The SMILES string of the molecule is CCNCC1CCC(C)CC1c1cscc1Br. The minimum atomic E-state index is 0.749. The molecule has 0 aliphatic heterocycles. The van der Waals surface area contributed by atoms with E-state index in [1.165, 1.54) is 30.3 Å². The van der Waals surface area contributed by atoms with Crippen molar-refractivity contribution in [1.29, 1.82) is 0 Å². The third kappa shape index (κ3) is 3.33. The van der Waals surface area contributed by atoms with Gasteiger partial charge in [0.05, 0.1) is 0 Å². The van der Waals surface area contributed by atoms with Crippen LogP contribution >= 0.6 is 27.3 Å². The highest BCUT2D eigenvalue weighted by atomic mass is 79.9. The van der Waals surface area contributed by atoms with Crippen LogP contribution in [0, 0.1) is 11.8 Å². The van der Waals surface area contributed by atoms with Crippen LogP contribution in [0.3, 0.4) is 0 Å². The maximum Gasteiger partial charge on any atom is 0.0317 e. The fourth-order valence-corrected chi connectivity index (χ4v) is 4.61. The van der Waals surface area contributed by atoms with Crippen molar-refractivity contribution in [3.05, 3.63) is 20.8 Å². The molecule has 1 nitrogen and oxygen atoms in total. The Balaban J connectivity index is 2.11. The average Bonchev–Trinajstić information content (AvgIpc) is 2.74. The second kappa shape index (κ2) is 6.35. The predicted molar refractivity (Wildman–Crippen MR) is 79.8 cm³/mol. The Morgan fingerprint density at radius 2 is 2.24 bits per heavy atom. The molecule has 0 saturated heterocycles. The summed E-state index contributed by atoms with van der Waals surface area (Å²) in [5, 5.41) is 8.09. The lowest BCUT2D eigenvalue weighted by Crippen LogP contribution is -2.31. The number of thiophene rings is 1. The smallest absolute Gasteiger partial charge is 0.0317 e. The van der Waals surface area contributed by atoms with Crippen molar-refractivity contribution in [3.8, 4) is 0 Å². The first-order chi connectivity index (χ1) is 8.22. The molecule has 3 heteroatoms. The summed E-state index contributed by atoms with van der Waals surface area (Å²) in [7, 11) is 0. The molecule has 1 aromatic rings. The van der Waals surface area contributed by atoms with E-state index in [-0.39, 0.29) is 0 Å². The number of rotatable bonds is 4. The van der Waals surface area contributed by atoms with E-state index in [1.54, 1.807) is 5.56 Å². The first-order valence-corrected chi connectivity index (χ1v) is 8.38. The number of halogens is 1. The molecule has 96 valence electrons. The van der Waals surface area contributed by atoms with Gasteiger partial charge in [0.2, 0.25) is 0 Å². The van der Waals surface area contributed by atoms with Crippen LogP contribution in [0.2, 0.25) is 0 Å². The van der Waals surface area contributed by atoms with Crippen molar-refractivity contribution < 1.29 is 0 Å². The molecule has 0 aromatic carbocycles. The van der Waals surface area contributed by atoms with Crippen molar-refractivity contribution in [2.75, 3.05) is 13.1 Å². The monoisotopic (exact) mass is 315 g/mol. The van der Waals surface area contributed by atoms with Gasteiger partial charge in [-0.2, -0.15) is 11.3 Å². The Morgan fingerprint density at radius 1 is 1.41 bits per heavy atom. The van der Waals surface area contributed by atoms with E-state index in [0.29, 0.717) is 0 Å². The molecule has 1 aliphatic carbocycles. The molecule has 0 bridgehead atoms. The summed E-state index contributed by atoms with van der Waals surface area (Å²) in [5.74, 6) is 2.44. The van der Waals surface area contributed by atoms with E-state index in [9.17, 15) is 0 Å². The Kier molecular flexibility index (Phi) is 5.07. The van der Waals surface area contributed by atoms with E-state index in [4.69, 9.17) is 0 Å². The van der Waals surface area contributed by atoms with Crippen molar-refractivity contribution in [2.24, 2.45) is 11.8 Å². The Morgan fingerprint density at radius 3 is 2.88 bits per heavy atom. The molecule has 1 aromatic heterocycles. The molecule has 17 heavy (non-hydrogen) atoms.